The van der Waals surface area contributed by atoms with E-state index in [0.29, 0.717) is 10.9 Å². The molecule has 0 saturated carbocycles. The van der Waals surface area contributed by atoms with Crippen LogP contribution in [0.3, 0.4) is 0 Å². The Morgan fingerprint density at radius 2 is 0.861 bits per heavy atom. The maximum Gasteiger partial charge on any atom is 0.629 e. The second-order valence-corrected chi connectivity index (χ2v) is 10.5. The highest BCUT2D eigenvalue weighted by atomic mass is 27.2. The average Bonchev–Trinajstić information content (AvgIpc) is 2.94. The van der Waals surface area contributed by atoms with Crippen LogP contribution < -0.4 is 13.3 Å². The molecule has 0 amide bonds. The van der Waals surface area contributed by atoms with Crippen molar-refractivity contribution >= 4 is 47.2 Å². The molecule has 3 heterocycles. The second kappa shape index (κ2) is 10.2. The third-order valence-corrected chi connectivity index (χ3v) is 7.59. The molecule has 0 bridgehead atoms. The summed E-state index contributed by atoms with van der Waals surface area (Å²) in [6.07, 6.45) is 5.33. The number of rotatable bonds is 8. The van der Waals surface area contributed by atoms with Crippen molar-refractivity contribution in [3.63, 3.8) is 0 Å². The van der Waals surface area contributed by atoms with E-state index in [1.54, 1.807) is 18.6 Å². The van der Waals surface area contributed by atoms with E-state index in [1.807, 2.05) is 91.0 Å². The van der Waals surface area contributed by atoms with Gasteiger partial charge in [0.1, 0.15) is 33.8 Å². The van der Waals surface area contributed by atoms with E-state index in [2.05, 4.69) is 15.0 Å². The Morgan fingerprint density at radius 1 is 0.472 bits per heavy atom. The Labute approximate surface area is 212 Å². The number of nitrogens with zero attached hydrogens (tertiary/aromatic N) is 3. The van der Waals surface area contributed by atoms with Crippen LogP contribution in [-0.4, -0.2) is 40.4 Å². The number of ether oxygens (including phenoxy) is 2. The molecule has 0 unspecified atom stereocenters. The molecule has 0 atom stereocenters. The molecule has 3 aromatic heterocycles. The molecular formula is C29H22AlN3O3. The van der Waals surface area contributed by atoms with Crippen LogP contribution >= 0.6 is 0 Å². The first-order valence-electron chi connectivity index (χ1n) is 11.8. The van der Waals surface area contributed by atoms with E-state index >= 15 is 0 Å². The number of pyridine rings is 3. The molecule has 0 saturated heterocycles. The van der Waals surface area contributed by atoms with Gasteiger partial charge in [0.2, 0.25) is 0 Å². The summed E-state index contributed by atoms with van der Waals surface area (Å²) >= 11 is -2.11. The Kier molecular flexibility index (Phi) is 6.32. The van der Waals surface area contributed by atoms with Gasteiger partial charge in [0, 0.05) is 34.7 Å². The Hall–Kier alpha value is -4.18. The fourth-order valence-corrected chi connectivity index (χ4v) is 5.73. The molecule has 0 aliphatic carbocycles. The summed E-state index contributed by atoms with van der Waals surface area (Å²) in [5.41, 5.74) is 3.29. The van der Waals surface area contributed by atoms with Gasteiger partial charge in [-0.15, -0.1) is 0 Å². The first-order chi connectivity index (χ1) is 17.8. The summed E-state index contributed by atoms with van der Waals surface area (Å²) in [5.74, 6) is 2.21. The zero-order valence-electron chi connectivity index (χ0n) is 19.5. The zero-order chi connectivity index (χ0) is 24.2. The third-order valence-electron chi connectivity index (χ3n) is 5.93. The summed E-state index contributed by atoms with van der Waals surface area (Å²) < 4.78 is 19.2. The molecule has 6 rings (SSSR count). The molecule has 174 valence electrons. The van der Waals surface area contributed by atoms with Crippen LogP contribution in [0.15, 0.2) is 110 Å². The van der Waals surface area contributed by atoms with Crippen molar-refractivity contribution in [2.75, 3.05) is 10.9 Å². The minimum atomic E-state index is -2.11. The van der Waals surface area contributed by atoms with Gasteiger partial charge in [0.25, 0.3) is 0 Å². The molecule has 0 aliphatic rings. The third kappa shape index (κ3) is 4.67. The van der Waals surface area contributed by atoms with E-state index in [9.17, 15) is 0 Å². The molecule has 7 heteroatoms. The van der Waals surface area contributed by atoms with Crippen molar-refractivity contribution in [1.82, 2.24) is 15.0 Å². The fraction of sp³-hybridized carbons (Fsp3) is 0.0690. The minimum Gasteiger partial charge on any atom is -0.638 e. The van der Waals surface area contributed by atoms with Crippen LogP contribution in [-0.2, 0) is 0 Å². The highest BCUT2D eigenvalue weighted by Gasteiger charge is 2.29. The van der Waals surface area contributed by atoms with Crippen LogP contribution in [0.4, 0.5) is 0 Å². The van der Waals surface area contributed by atoms with Crippen LogP contribution in [0.25, 0.3) is 32.7 Å². The summed E-state index contributed by atoms with van der Waals surface area (Å²) in [6, 6.07) is 29.7. The van der Waals surface area contributed by atoms with Gasteiger partial charge >= 0.3 is 14.5 Å². The first kappa shape index (κ1) is 22.3. The van der Waals surface area contributed by atoms with Crippen molar-refractivity contribution in [3.8, 4) is 17.2 Å². The second-order valence-electron chi connectivity index (χ2n) is 8.36. The van der Waals surface area contributed by atoms with E-state index in [-0.39, 0.29) is 0 Å². The van der Waals surface area contributed by atoms with Gasteiger partial charge in [-0.05, 0) is 36.4 Å². The molecule has 0 fully saturated rings. The quantitative estimate of drug-likeness (QED) is 0.248. The average molecular weight is 487 g/mol. The molecule has 36 heavy (non-hydrogen) atoms. The number of hydrogen-bond acceptors (Lipinski definition) is 6. The van der Waals surface area contributed by atoms with Gasteiger partial charge in [-0.1, -0.05) is 54.6 Å². The molecule has 0 radical (unpaired) electrons. The van der Waals surface area contributed by atoms with Gasteiger partial charge in [0.15, 0.2) is 0 Å². The lowest BCUT2D eigenvalue weighted by molar-refractivity contribution is 0.324. The molecule has 0 N–H and O–H groups in total. The summed E-state index contributed by atoms with van der Waals surface area (Å²) in [4.78, 5) is 13.6. The summed E-state index contributed by atoms with van der Waals surface area (Å²) in [7, 11) is 0. The number of benzene rings is 3. The lowest BCUT2D eigenvalue weighted by atomic mass is 10.2. The van der Waals surface area contributed by atoms with Gasteiger partial charge in [-0.25, -0.2) is 0 Å². The molecule has 6 nitrogen and oxygen atoms in total. The highest BCUT2D eigenvalue weighted by molar-refractivity contribution is 6.52. The SMILES string of the molecule is c1cnc2c(O[CH2][Al]([CH2]Oc3cccc4cccnc34)[O]c3cccc4cccnc34)cccc2c1. The van der Waals surface area contributed by atoms with E-state index in [4.69, 9.17) is 13.3 Å². The fourth-order valence-electron chi connectivity index (χ4n) is 4.22. The largest absolute Gasteiger partial charge is 0.638 e. The maximum absolute atomic E-state index is 6.58. The predicted octanol–water partition coefficient (Wildman–Crippen LogP) is 5.94. The summed E-state index contributed by atoms with van der Waals surface area (Å²) in [6.45, 7) is 0. The molecule has 6 aromatic rings. The Bertz CT molecular complexity index is 1560. The van der Waals surface area contributed by atoms with Crippen molar-refractivity contribution < 1.29 is 13.3 Å². The highest BCUT2D eigenvalue weighted by Crippen LogP contribution is 2.27. The normalized spacial score (nSPS) is 11.0. The number of para-hydroxylation sites is 3. The van der Waals surface area contributed by atoms with Gasteiger partial charge in [0.05, 0.1) is 10.9 Å². The first-order valence-corrected chi connectivity index (χ1v) is 13.9. The number of hydrogen-bond donors (Lipinski definition) is 0. The van der Waals surface area contributed by atoms with E-state index in [0.717, 1.165) is 50.0 Å². The topological polar surface area (TPSA) is 66.4 Å². The van der Waals surface area contributed by atoms with Crippen LogP contribution in [0.5, 0.6) is 17.2 Å². The molecule has 3 aromatic carbocycles. The van der Waals surface area contributed by atoms with Crippen molar-refractivity contribution in [2.24, 2.45) is 0 Å². The standard InChI is InChI=1S/2C10H8NO.C9H7NO.Al/c2*1-12-9-6-2-4-8-5-3-7-11-10(8)9;11-8-5-1-3-7-4-2-6-10-9(7)8;/h2*2-7H,1H2;1-6,11H;/q;;;+1/p-1. The molecule has 0 spiro atoms. The predicted molar refractivity (Wildman–Crippen MR) is 143 cm³/mol. The van der Waals surface area contributed by atoms with Gasteiger partial charge < -0.3 is 13.3 Å². The Balaban J connectivity index is 1.28. The van der Waals surface area contributed by atoms with Gasteiger partial charge in [-0.2, -0.15) is 0 Å². The van der Waals surface area contributed by atoms with Crippen molar-refractivity contribution in [3.05, 3.63) is 110 Å². The zero-order valence-corrected chi connectivity index (χ0v) is 20.6. The number of fused-ring (bicyclic) bond motifs is 3. The summed E-state index contributed by atoms with van der Waals surface area (Å²) in [5, 5.41) is 3.09. The lowest BCUT2D eigenvalue weighted by Gasteiger charge is -2.18. The molecular weight excluding hydrogens is 465 g/mol. The van der Waals surface area contributed by atoms with Crippen molar-refractivity contribution in [2.45, 2.75) is 0 Å². The van der Waals surface area contributed by atoms with Crippen LogP contribution in [0.1, 0.15) is 0 Å². The monoisotopic (exact) mass is 487 g/mol. The lowest BCUT2D eigenvalue weighted by Crippen LogP contribution is -2.37. The van der Waals surface area contributed by atoms with Crippen LogP contribution in [0, 0.1) is 0 Å². The Morgan fingerprint density at radius 3 is 1.33 bits per heavy atom. The number of aromatic nitrogens is 3. The van der Waals surface area contributed by atoms with Crippen LogP contribution in [0.2, 0.25) is 0 Å². The smallest absolute Gasteiger partial charge is 0.629 e. The minimum absolute atomic E-state index is 0.400. The van der Waals surface area contributed by atoms with Crippen molar-refractivity contribution in [1.29, 1.82) is 0 Å². The van der Waals surface area contributed by atoms with E-state index in [1.165, 1.54) is 0 Å². The molecule has 0 aliphatic heterocycles. The maximum atomic E-state index is 6.58. The van der Waals surface area contributed by atoms with E-state index < -0.39 is 14.5 Å². The van der Waals surface area contributed by atoms with Gasteiger partial charge in [-0.3, -0.25) is 15.0 Å².